The first-order valence-corrected chi connectivity index (χ1v) is 27.0. The van der Waals surface area contributed by atoms with Crippen LogP contribution >= 0.6 is 0 Å². The molecule has 0 aromatic carbocycles. The Hall–Kier alpha value is -1.85. The van der Waals surface area contributed by atoms with Crippen LogP contribution in [-0.2, 0) is 49.4 Å². The molecule has 8 N–H and O–H groups in total. The first-order chi connectivity index (χ1) is 31.1. The van der Waals surface area contributed by atoms with Crippen molar-refractivity contribution in [1.29, 1.82) is 0 Å². The Bertz CT molecular complexity index is 1600. The van der Waals surface area contributed by atoms with E-state index in [0.29, 0.717) is 72.1 Å². The lowest BCUT2D eigenvalue weighted by Crippen LogP contribution is -2.48. The van der Waals surface area contributed by atoms with E-state index in [1.807, 2.05) is 19.6 Å². The predicted octanol–water partition coefficient (Wildman–Crippen LogP) is -5.35. The van der Waals surface area contributed by atoms with Crippen molar-refractivity contribution >= 4 is 42.3 Å². The zero-order valence-electron chi connectivity index (χ0n) is 38.2. The molecule has 0 aliphatic carbocycles. The van der Waals surface area contributed by atoms with Crippen LogP contribution in [0.1, 0.15) is 6.42 Å². The molecule has 5 fully saturated rings. The Labute approximate surface area is 390 Å². The third kappa shape index (κ3) is 36.2. The smallest absolute Gasteiger partial charge is 0.317 e. The molecule has 0 saturated carbocycles. The van der Waals surface area contributed by atoms with E-state index in [2.05, 4.69) is 19.6 Å². The monoisotopic (exact) mass is 1020 g/mol. The summed E-state index contributed by atoms with van der Waals surface area (Å²) < 4.78 is 98.6. The lowest BCUT2D eigenvalue weighted by molar-refractivity contribution is -0.140. The van der Waals surface area contributed by atoms with Gasteiger partial charge in [0.2, 0.25) is 0 Å². The minimum Gasteiger partial charge on any atom is -0.480 e. The molecule has 0 radical (unpaired) electrons. The second kappa shape index (κ2) is 35.3. The summed E-state index contributed by atoms with van der Waals surface area (Å²) in [7, 11) is -11.5. The van der Waals surface area contributed by atoms with Crippen molar-refractivity contribution < 1.29 is 83.5 Å². The van der Waals surface area contributed by atoms with Gasteiger partial charge in [0.05, 0.1) is 76.6 Å². The average molecular weight is 1020 g/mol. The van der Waals surface area contributed by atoms with Crippen LogP contribution in [0.15, 0.2) is 0 Å². The van der Waals surface area contributed by atoms with Crippen LogP contribution in [0.3, 0.4) is 0 Å². The van der Waals surface area contributed by atoms with Gasteiger partial charge in [0.15, 0.2) is 0 Å². The average Bonchev–Trinajstić information content (AvgIpc) is 3.25. The van der Waals surface area contributed by atoms with Crippen LogP contribution in [0, 0.1) is 0 Å². The van der Waals surface area contributed by atoms with Crippen LogP contribution < -0.4 is 0 Å². The van der Waals surface area contributed by atoms with Gasteiger partial charge in [-0.15, -0.1) is 0 Å². The number of carboxylic acids is 2. The Morgan fingerprint density at radius 2 is 0.606 bits per heavy atom. The second-order valence-electron chi connectivity index (χ2n) is 16.0. The standard InChI is InChI=1S/C9H20N2O4S.C8H18N2O4S.C8H16N2O3.C6H13NO4S.C6H11NO3/c12-8-7-11-5-3-10(4-6-11)2-1-9-16(13,14)15;11-7-5-9-1-3-10(4-2-9)6-8-15(12,13)14;11-6-5-9-1-3-10(4-2-9)7-8(12)13;8-12(9,10)6-3-7-1-4-11-5-2-7;8-6(9)5-7-1-3-10-4-2-7/h12H,1-9H2,(H,13,14,15);11H,1-8H2,(H,12,13,14);11H,1-7H2,(H,12,13);1-6H2,(H,8,9,10);1-5H2,(H,8,9). The molecule has 0 atom stereocenters. The molecule has 0 aromatic rings. The van der Waals surface area contributed by atoms with Gasteiger partial charge >= 0.3 is 11.9 Å². The highest BCUT2D eigenvalue weighted by Gasteiger charge is 2.20. The third-order valence-electron chi connectivity index (χ3n) is 10.8. The largest absolute Gasteiger partial charge is 0.480 e. The molecule has 5 aliphatic heterocycles. The summed E-state index contributed by atoms with van der Waals surface area (Å²) in [5.41, 5.74) is 0. The molecule has 392 valence electrons. The summed E-state index contributed by atoms with van der Waals surface area (Å²) >= 11 is 0. The number of aliphatic carboxylic acids is 2. The van der Waals surface area contributed by atoms with Crippen molar-refractivity contribution in [3.8, 4) is 0 Å². The number of nitrogens with zero attached hydrogens (tertiary/aromatic N) is 8. The molecule has 0 unspecified atom stereocenters. The number of carbonyl (C=O) groups is 2. The van der Waals surface area contributed by atoms with Gasteiger partial charge in [0.25, 0.3) is 30.4 Å². The number of hydrogen-bond acceptors (Lipinski definition) is 21. The fourth-order valence-corrected chi connectivity index (χ4v) is 8.47. The van der Waals surface area contributed by atoms with Crippen molar-refractivity contribution in [3.63, 3.8) is 0 Å². The van der Waals surface area contributed by atoms with Crippen LogP contribution in [0.25, 0.3) is 0 Å². The molecular weight excluding hydrogens is 941 g/mol. The van der Waals surface area contributed by atoms with Gasteiger partial charge in [-0.1, -0.05) is 0 Å². The minimum absolute atomic E-state index is 0.132. The Balaban J connectivity index is 0.000000416. The summed E-state index contributed by atoms with van der Waals surface area (Å²) in [6.07, 6.45) is 0.471. The van der Waals surface area contributed by atoms with Crippen LogP contribution in [0.4, 0.5) is 0 Å². The van der Waals surface area contributed by atoms with Crippen molar-refractivity contribution in [2.75, 3.05) is 221 Å². The zero-order chi connectivity index (χ0) is 49.4. The van der Waals surface area contributed by atoms with Gasteiger partial charge in [-0.3, -0.25) is 57.5 Å². The molecule has 5 rings (SSSR count). The van der Waals surface area contributed by atoms with Gasteiger partial charge in [0, 0.05) is 137 Å². The number of β-amino-alcohol motifs (C(OH)–C–C–N with tert-alkyl or cyclic N) is 3. The number of morpholine rings is 2. The van der Waals surface area contributed by atoms with Crippen molar-refractivity contribution in [2.24, 2.45) is 0 Å². The second-order valence-corrected chi connectivity index (χ2v) is 20.7. The van der Waals surface area contributed by atoms with Crippen molar-refractivity contribution in [3.05, 3.63) is 0 Å². The van der Waals surface area contributed by atoms with E-state index >= 15 is 0 Å². The van der Waals surface area contributed by atoms with Gasteiger partial charge < -0.3 is 39.9 Å². The molecule has 29 heteroatoms. The fraction of sp³-hybridized carbons (Fsp3) is 0.946. The maximum Gasteiger partial charge on any atom is 0.317 e. The van der Waals surface area contributed by atoms with Gasteiger partial charge in [0.1, 0.15) is 0 Å². The predicted molar refractivity (Wildman–Crippen MR) is 244 cm³/mol. The number of carboxylic acid groups (broad SMARTS) is 2. The summed E-state index contributed by atoms with van der Waals surface area (Å²) in [6, 6.07) is 0. The van der Waals surface area contributed by atoms with Gasteiger partial charge in [-0.05, 0) is 13.0 Å². The molecule has 26 nitrogen and oxygen atoms in total. The van der Waals surface area contributed by atoms with Crippen LogP contribution in [0.2, 0.25) is 0 Å². The van der Waals surface area contributed by atoms with E-state index < -0.39 is 42.3 Å². The van der Waals surface area contributed by atoms with Crippen molar-refractivity contribution in [2.45, 2.75) is 6.42 Å². The summed E-state index contributed by atoms with van der Waals surface area (Å²) in [5.74, 6) is -2.08. The van der Waals surface area contributed by atoms with E-state index in [9.17, 15) is 34.8 Å². The topological polar surface area (TPSA) is 343 Å². The highest BCUT2D eigenvalue weighted by Crippen LogP contribution is 2.04. The number of aliphatic hydroxyl groups is 3. The molecule has 5 heterocycles. The first kappa shape index (κ1) is 62.2. The van der Waals surface area contributed by atoms with Crippen LogP contribution in [0.5, 0.6) is 0 Å². The highest BCUT2D eigenvalue weighted by molar-refractivity contribution is 7.86. The first-order valence-electron chi connectivity index (χ1n) is 22.2. The summed E-state index contributed by atoms with van der Waals surface area (Å²) in [5, 5.41) is 43.1. The Morgan fingerprint density at radius 1 is 0.364 bits per heavy atom. The van der Waals surface area contributed by atoms with Gasteiger partial charge in [-0.25, -0.2) is 0 Å². The maximum atomic E-state index is 10.5. The van der Waals surface area contributed by atoms with E-state index in [-0.39, 0.29) is 50.2 Å². The number of aliphatic hydroxyl groups excluding tert-OH is 3. The molecule has 0 amide bonds. The summed E-state index contributed by atoms with van der Waals surface area (Å²) in [4.78, 5) is 36.9. The quantitative estimate of drug-likeness (QED) is 0.0528. The molecule has 0 aromatic heterocycles. The van der Waals surface area contributed by atoms with E-state index in [1.54, 1.807) is 0 Å². The van der Waals surface area contributed by atoms with E-state index in [1.165, 1.54) is 0 Å². The van der Waals surface area contributed by atoms with Gasteiger partial charge in [-0.2, -0.15) is 25.3 Å². The van der Waals surface area contributed by atoms with E-state index in [4.69, 9.17) is 48.7 Å². The number of hydrogen-bond donors (Lipinski definition) is 8. The Kier molecular flexibility index (Phi) is 33.2. The number of piperazine rings is 3. The molecular formula is C37H78N8O18S3. The lowest BCUT2D eigenvalue weighted by Gasteiger charge is -2.34. The third-order valence-corrected chi connectivity index (χ3v) is 13.0. The fourth-order valence-electron chi connectivity index (χ4n) is 6.99. The molecule has 5 saturated heterocycles. The zero-order valence-corrected chi connectivity index (χ0v) is 40.7. The number of rotatable bonds is 20. The number of ether oxygens (including phenoxy) is 2. The SMILES string of the molecule is O=C(O)CN1CCN(CCO)CC1.O=C(O)CN1CCOCC1.O=S(=O)(O)CCCN1CCN(CCO)CC1.O=S(=O)(O)CCN1CCN(CCO)CC1.O=S(=O)(O)CCN1CCOCC1. The molecule has 0 bridgehead atoms. The lowest BCUT2D eigenvalue weighted by atomic mass is 10.3. The highest BCUT2D eigenvalue weighted by atomic mass is 32.2. The van der Waals surface area contributed by atoms with Crippen molar-refractivity contribution in [1.82, 2.24) is 39.2 Å². The Morgan fingerprint density at radius 3 is 0.894 bits per heavy atom. The maximum absolute atomic E-state index is 10.5. The minimum atomic E-state index is -3.84. The van der Waals surface area contributed by atoms with Crippen LogP contribution in [-0.4, -0.2) is 336 Å². The molecule has 5 aliphatic rings. The molecule has 66 heavy (non-hydrogen) atoms. The normalized spacial score (nSPS) is 20.6. The summed E-state index contributed by atoms with van der Waals surface area (Å²) in [6.45, 7) is 20.1. The molecule has 0 spiro atoms. The van der Waals surface area contributed by atoms with E-state index in [0.717, 1.165) is 105 Å².